The molecule has 6 nitrogen and oxygen atoms in total. The highest BCUT2D eigenvalue weighted by molar-refractivity contribution is 5.66. The van der Waals surface area contributed by atoms with Crippen LogP contribution in [0.3, 0.4) is 0 Å². The van der Waals surface area contributed by atoms with Crippen LogP contribution in [-0.2, 0) is 9.53 Å². The van der Waals surface area contributed by atoms with Crippen LogP contribution in [0.25, 0.3) is 0 Å². The Kier molecular flexibility index (Phi) is 12.4. The van der Waals surface area contributed by atoms with Crippen LogP contribution in [0, 0.1) is 0 Å². The first-order chi connectivity index (χ1) is 13.4. The molecule has 0 radical (unpaired) electrons. The van der Waals surface area contributed by atoms with Gasteiger partial charge in [0.15, 0.2) is 0 Å². The molecule has 4 N–H and O–H groups in total. The summed E-state index contributed by atoms with van der Waals surface area (Å²) in [5, 5.41) is 38.8. The lowest BCUT2D eigenvalue weighted by atomic mass is 10.0. The fourth-order valence-corrected chi connectivity index (χ4v) is 2.84. The van der Waals surface area contributed by atoms with Crippen molar-refractivity contribution in [2.24, 2.45) is 0 Å². The Morgan fingerprint density at radius 2 is 1.82 bits per heavy atom. The van der Waals surface area contributed by atoms with Crippen molar-refractivity contribution < 1.29 is 30.0 Å². The van der Waals surface area contributed by atoms with E-state index >= 15 is 0 Å². The number of carbonyl (C=O) groups is 1. The molecule has 0 aromatic heterocycles. The number of aliphatic hydroxyl groups is 3. The van der Waals surface area contributed by atoms with Crippen molar-refractivity contribution in [2.45, 2.75) is 82.4 Å². The zero-order valence-electron chi connectivity index (χ0n) is 16.6. The Labute approximate surface area is 167 Å². The lowest BCUT2D eigenvalue weighted by Crippen LogP contribution is -2.25. The number of allylic oxidation sites excluding steroid dienone is 4. The Bertz CT molecular complexity index is 551. The SMILES string of the molecule is CC/C=C\C[C@H](O)/C=C/[C@H]1O[C@@H]([C@@H](O)C/C=C\C/C=C\CCC(=O)O)C[C@@H]1O. The standard InChI is InChI=1S/C22H34O6/c1-2-3-8-11-17(23)14-15-20-19(25)16-21(28-20)18(24)12-9-6-4-5-7-10-13-22(26)27/h3,5-9,14-15,17-21,23-25H,2,4,10-13,16H2,1H3,(H,26,27)/b7-5-,8-3-,9-6-,15-14+/t17-,18-,19-,20+,21+/m0/s1. The van der Waals surface area contributed by atoms with E-state index in [0.717, 1.165) is 6.42 Å². The molecule has 1 saturated heterocycles. The molecule has 0 aromatic carbocycles. The highest BCUT2D eigenvalue weighted by Gasteiger charge is 2.35. The molecule has 0 unspecified atom stereocenters. The van der Waals surface area contributed by atoms with Crippen LogP contribution < -0.4 is 0 Å². The topological polar surface area (TPSA) is 107 Å². The van der Waals surface area contributed by atoms with Crippen molar-refractivity contribution in [3.8, 4) is 0 Å². The average molecular weight is 395 g/mol. The molecular weight excluding hydrogens is 360 g/mol. The van der Waals surface area contributed by atoms with Gasteiger partial charge in [-0.25, -0.2) is 0 Å². The number of ether oxygens (including phenoxy) is 1. The minimum Gasteiger partial charge on any atom is -0.481 e. The number of hydrogen-bond donors (Lipinski definition) is 4. The van der Waals surface area contributed by atoms with Gasteiger partial charge >= 0.3 is 5.97 Å². The molecule has 1 fully saturated rings. The Balaban J connectivity index is 2.31. The van der Waals surface area contributed by atoms with Crippen LogP contribution in [-0.4, -0.2) is 56.9 Å². The zero-order chi connectivity index (χ0) is 20.8. The van der Waals surface area contributed by atoms with Gasteiger partial charge in [0.05, 0.1) is 24.4 Å². The molecule has 0 bridgehead atoms. The van der Waals surface area contributed by atoms with E-state index in [4.69, 9.17) is 9.84 Å². The molecule has 28 heavy (non-hydrogen) atoms. The number of carboxylic acid groups (broad SMARTS) is 1. The van der Waals surface area contributed by atoms with Crippen LogP contribution in [0.15, 0.2) is 48.6 Å². The predicted octanol–water partition coefficient (Wildman–Crippen LogP) is 2.90. The summed E-state index contributed by atoms with van der Waals surface area (Å²) in [4.78, 5) is 10.4. The van der Waals surface area contributed by atoms with Crippen LogP contribution in [0.2, 0.25) is 0 Å². The normalized spacial score (nSPS) is 25.5. The number of hydrogen-bond acceptors (Lipinski definition) is 5. The smallest absolute Gasteiger partial charge is 0.303 e. The molecule has 1 aliphatic heterocycles. The van der Waals surface area contributed by atoms with Gasteiger partial charge in [0, 0.05) is 12.8 Å². The third-order valence-electron chi connectivity index (χ3n) is 4.42. The second-order valence-electron chi connectivity index (χ2n) is 6.92. The maximum Gasteiger partial charge on any atom is 0.303 e. The summed E-state index contributed by atoms with van der Waals surface area (Å²) in [6, 6.07) is 0. The second-order valence-corrected chi connectivity index (χ2v) is 6.92. The van der Waals surface area contributed by atoms with Gasteiger partial charge in [-0.1, -0.05) is 55.5 Å². The fraction of sp³-hybridized carbons (Fsp3) is 0.591. The van der Waals surface area contributed by atoms with Crippen molar-refractivity contribution in [1.29, 1.82) is 0 Å². The molecule has 1 rings (SSSR count). The summed E-state index contributed by atoms with van der Waals surface area (Å²) in [7, 11) is 0. The molecule has 0 saturated carbocycles. The molecule has 0 spiro atoms. The number of carboxylic acids is 1. The van der Waals surface area contributed by atoms with Gasteiger partial charge in [-0.3, -0.25) is 4.79 Å². The van der Waals surface area contributed by atoms with E-state index in [1.807, 2.05) is 43.4 Å². The van der Waals surface area contributed by atoms with Gasteiger partial charge in [0.2, 0.25) is 0 Å². The zero-order valence-corrected chi connectivity index (χ0v) is 16.6. The van der Waals surface area contributed by atoms with E-state index in [1.165, 1.54) is 0 Å². The summed E-state index contributed by atoms with van der Waals surface area (Å²) >= 11 is 0. The molecular formula is C22H34O6. The van der Waals surface area contributed by atoms with Crippen molar-refractivity contribution in [3.05, 3.63) is 48.6 Å². The van der Waals surface area contributed by atoms with Crippen LogP contribution in [0.5, 0.6) is 0 Å². The highest BCUT2D eigenvalue weighted by Crippen LogP contribution is 2.25. The first-order valence-corrected chi connectivity index (χ1v) is 9.98. The van der Waals surface area contributed by atoms with Crippen molar-refractivity contribution in [1.82, 2.24) is 0 Å². The molecule has 0 amide bonds. The first-order valence-electron chi connectivity index (χ1n) is 9.98. The van der Waals surface area contributed by atoms with E-state index in [9.17, 15) is 20.1 Å². The van der Waals surface area contributed by atoms with Gasteiger partial charge in [0.1, 0.15) is 6.10 Å². The largest absolute Gasteiger partial charge is 0.481 e. The maximum absolute atomic E-state index is 10.4. The van der Waals surface area contributed by atoms with Crippen molar-refractivity contribution >= 4 is 5.97 Å². The third-order valence-corrected chi connectivity index (χ3v) is 4.42. The minimum atomic E-state index is -0.807. The Hall–Kier alpha value is -1.73. The average Bonchev–Trinajstić information content (AvgIpc) is 3.03. The highest BCUT2D eigenvalue weighted by atomic mass is 16.5. The predicted molar refractivity (Wildman–Crippen MR) is 109 cm³/mol. The van der Waals surface area contributed by atoms with E-state index in [2.05, 4.69) is 0 Å². The van der Waals surface area contributed by atoms with Gasteiger partial charge in [0.25, 0.3) is 0 Å². The maximum atomic E-state index is 10.4. The minimum absolute atomic E-state index is 0.127. The first kappa shape index (κ1) is 24.3. The molecule has 0 aromatic rings. The number of rotatable bonds is 13. The second kappa shape index (κ2) is 14.3. The Morgan fingerprint density at radius 1 is 1.11 bits per heavy atom. The van der Waals surface area contributed by atoms with E-state index in [0.29, 0.717) is 32.1 Å². The molecule has 6 heteroatoms. The third kappa shape index (κ3) is 10.6. The summed E-state index contributed by atoms with van der Waals surface area (Å²) in [5.41, 5.74) is 0. The van der Waals surface area contributed by atoms with Gasteiger partial charge in [-0.2, -0.15) is 0 Å². The fourth-order valence-electron chi connectivity index (χ4n) is 2.84. The molecule has 1 aliphatic rings. The Morgan fingerprint density at radius 3 is 2.54 bits per heavy atom. The van der Waals surface area contributed by atoms with Crippen molar-refractivity contribution in [3.63, 3.8) is 0 Å². The summed E-state index contributed by atoms with van der Waals surface area (Å²) in [5.74, 6) is -0.807. The van der Waals surface area contributed by atoms with E-state index < -0.39 is 36.5 Å². The lowest BCUT2D eigenvalue weighted by molar-refractivity contribution is -0.136. The van der Waals surface area contributed by atoms with Gasteiger partial charge < -0.3 is 25.2 Å². The molecule has 1 heterocycles. The summed E-state index contributed by atoms with van der Waals surface area (Å²) < 4.78 is 5.72. The summed E-state index contributed by atoms with van der Waals surface area (Å²) in [6.45, 7) is 2.03. The number of aliphatic hydroxyl groups excluding tert-OH is 3. The van der Waals surface area contributed by atoms with Crippen LogP contribution >= 0.6 is 0 Å². The lowest BCUT2D eigenvalue weighted by Gasteiger charge is -2.16. The van der Waals surface area contributed by atoms with Crippen LogP contribution in [0.1, 0.15) is 51.9 Å². The molecule has 158 valence electrons. The number of aliphatic carboxylic acids is 1. The summed E-state index contributed by atoms with van der Waals surface area (Å²) in [6.07, 6.45) is 15.2. The molecule has 0 aliphatic carbocycles. The quantitative estimate of drug-likeness (QED) is 0.358. The monoisotopic (exact) mass is 394 g/mol. The van der Waals surface area contributed by atoms with E-state index in [1.54, 1.807) is 12.2 Å². The van der Waals surface area contributed by atoms with Gasteiger partial charge in [-0.15, -0.1) is 0 Å². The van der Waals surface area contributed by atoms with Crippen molar-refractivity contribution in [2.75, 3.05) is 0 Å². The van der Waals surface area contributed by atoms with Gasteiger partial charge in [-0.05, 0) is 32.1 Å². The molecule has 5 atom stereocenters. The van der Waals surface area contributed by atoms with Crippen LogP contribution in [0.4, 0.5) is 0 Å². The van der Waals surface area contributed by atoms with E-state index in [-0.39, 0.29) is 6.42 Å².